The van der Waals surface area contributed by atoms with Crippen LogP contribution in [0, 0.1) is 0 Å². The minimum Gasteiger partial charge on any atom is -0.506 e. The third kappa shape index (κ3) is 2.35. The molecular formula is C13H18ClNO3. The Bertz CT molecular complexity index is 431. The summed E-state index contributed by atoms with van der Waals surface area (Å²) in [6.45, 7) is 0.947. The van der Waals surface area contributed by atoms with Crippen molar-refractivity contribution in [3.63, 3.8) is 0 Å². The molecule has 1 aliphatic rings. The van der Waals surface area contributed by atoms with Gasteiger partial charge >= 0.3 is 0 Å². The van der Waals surface area contributed by atoms with Crippen molar-refractivity contribution in [2.45, 2.75) is 25.3 Å². The number of phenols is 1. The standard InChI is InChI=1S/C13H18ClNO3/c1-17-10-7-9(16)12(14)11(13(10)18-2)8-5-3-4-6-15-8/h7-8,15-16H,3-6H2,1-2H3. The first kappa shape index (κ1) is 13.3. The Morgan fingerprint density at radius 1 is 1.33 bits per heavy atom. The molecule has 1 saturated heterocycles. The molecular weight excluding hydrogens is 254 g/mol. The molecule has 1 unspecified atom stereocenters. The van der Waals surface area contributed by atoms with Crippen LogP contribution >= 0.6 is 11.6 Å². The number of hydrogen-bond donors (Lipinski definition) is 2. The van der Waals surface area contributed by atoms with E-state index in [9.17, 15) is 5.11 Å². The van der Waals surface area contributed by atoms with Gasteiger partial charge in [-0.3, -0.25) is 0 Å². The van der Waals surface area contributed by atoms with Gasteiger partial charge in [-0.15, -0.1) is 0 Å². The molecule has 1 aliphatic heterocycles. The number of phenolic OH excluding ortho intramolecular Hbond substituents is 1. The second kappa shape index (κ2) is 5.67. The lowest BCUT2D eigenvalue weighted by Crippen LogP contribution is -2.27. The molecule has 100 valence electrons. The summed E-state index contributed by atoms with van der Waals surface area (Å²) in [7, 11) is 3.13. The lowest BCUT2D eigenvalue weighted by molar-refractivity contribution is 0.334. The first-order valence-electron chi connectivity index (χ1n) is 6.05. The molecule has 2 N–H and O–H groups in total. The number of nitrogens with one attached hydrogen (secondary N) is 1. The third-order valence-electron chi connectivity index (χ3n) is 3.28. The van der Waals surface area contributed by atoms with Crippen LogP contribution in [0.1, 0.15) is 30.9 Å². The second-order valence-electron chi connectivity index (χ2n) is 4.36. The zero-order valence-corrected chi connectivity index (χ0v) is 11.4. The predicted molar refractivity (Wildman–Crippen MR) is 70.8 cm³/mol. The molecule has 5 heteroatoms. The first-order valence-corrected chi connectivity index (χ1v) is 6.43. The molecule has 0 aromatic heterocycles. The van der Waals surface area contributed by atoms with Gasteiger partial charge in [0.25, 0.3) is 0 Å². The number of methoxy groups -OCH3 is 2. The molecule has 1 heterocycles. The zero-order valence-electron chi connectivity index (χ0n) is 10.6. The van der Waals surface area contributed by atoms with Crippen molar-refractivity contribution in [2.24, 2.45) is 0 Å². The fourth-order valence-corrected chi connectivity index (χ4v) is 2.67. The molecule has 0 aliphatic carbocycles. The Morgan fingerprint density at radius 3 is 2.67 bits per heavy atom. The minimum atomic E-state index is 0.0247. The Morgan fingerprint density at radius 2 is 2.11 bits per heavy atom. The number of hydrogen-bond acceptors (Lipinski definition) is 4. The van der Waals surface area contributed by atoms with Crippen molar-refractivity contribution >= 4 is 11.6 Å². The molecule has 1 aromatic carbocycles. The van der Waals surface area contributed by atoms with Crippen LogP contribution in [-0.4, -0.2) is 25.9 Å². The molecule has 1 atom stereocenters. The average molecular weight is 272 g/mol. The lowest BCUT2D eigenvalue weighted by atomic mass is 9.96. The third-order valence-corrected chi connectivity index (χ3v) is 3.68. The fraction of sp³-hybridized carbons (Fsp3) is 0.538. The molecule has 2 rings (SSSR count). The van der Waals surface area contributed by atoms with Gasteiger partial charge < -0.3 is 19.9 Å². The maximum atomic E-state index is 9.87. The van der Waals surface area contributed by atoms with E-state index < -0.39 is 0 Å². The molecule has 1 fully saturated rings. The molecule has 18 heavy (non-hydrogen) atoms. The molecule has 1 aromatic rings. The van der Waals surface area contributed by atoms with E-state index in [-0.39, 0.29) is 11.8 Å². The van der Waals surface area contributed by atoms with Crippen LogP contribution in [0.5, 0.6) is 17.2 Å². The Balaban J connectivity index is 2.51. The maximum Gasteiger partial charge on any atom is 0.167 e. The van der Waals surface area contributed by atoms with Crippen LogP contribution in [0.25, 0.3) is 0 Å². The SMILES string of the molecule is COc1cc(O)c(Cl)c(C2CCCCN2)c1OC. The van der Waals surface area contributed by atoms with Gasteiger partial charge in [0.05, 0.1) is 19.2 Å². The van der Waals surface area contributed by atoms with Gasteiger partial charge in [-0.1, -0.05) is 18.0 Å². The quantitative estimate of drug-likeness (QED) is 0.888. The highest BCUT2D eigenvalue weighted by Crippen LogP contribution is 2.46. The van der Waals surface area contributed by atoms with E-state index >= 15 is 0 Å². The first-order chi connectivity index (χ1) is 8.69. The van der Waals surface area contributed by atoms with Crippen molar-refractivity contribution in [3.8, 4) is 17.2 Å². The lowest BCUT2D eigenvalue weighted by Gasteiger charge is -2.27. The number of ether oxygens (including phenoxy) is 2. The molecule has 0 radical (unpaired) electrons. The normalized spacial score (nSPS) is 19.6. The van der Waals surface area contributed by atoms with Crippen LogP contribution in [-0.2, 0) is 0 Å². The number of benzene rings is 1. The van der Waals surface area contributed by atoms with Crippen molar-refractivity contribution in [2.75, 3.05) is 20.8 Å². The summed E-state index contributed by atoms with van der Waals surface area (Å²) in [5.74, 6) is 1.12. The summed E-state index contributed by atoms with van der Waals surface area (Å²) in [5.41, 5.74) is 0.788. The fourth-order valence-electron chi connectivity index (χ4n) is 2.40. The second-order valence-corrected chi connectivity index (χ2v) is 4.74. The summed E-state index contributed by atoms with van der Waals surface area (Å²) in [4.78, 5) is 0. The number of halogens is 1. The van der Waals surface area contributed by atoms with Gasteiger partial charge in [0.2, 0.25) is 0 Å². The summed E-state index contributed by atoms with van der Waals surface area (Å²) in [6.07, 6.45) is 3.27. The van der Waals surface area contributed by atoms with E-state index in [1.807, 2.05) is 0 Å². The van der Waals surface area contributed by atoms with Crippen LogP contribution in [0.3, 0.4) is 0 Å². The van der Waals surface area contributed by atoms with Gasteiger partial charge in [0.15, 0.2) is 11.5 Å². The highest BCUT2D eigenvalue weighted by molar-refractivity contribution is 6.33. The van der Waals surface area contributed by atoms with E-state index in [4.69, 9.17) is 21.1 Å². The van der Waals surface area contributed by atoms with Crippen molar-refractivity contribution < 1.29 is 14.6 Å². The van der Waals surface area contributed by atoms with Crippen molar-refractivity contribution in [3.05, 3.63) is 16.7 Å². The molecule has 0 bridgehead atoms. The molecule has 0 amide bonds. The Kier molecular flexibility index (Phi) is 4.19. The van der Waals surface area contributed by atoms with Crippen LogP contribution in [0.2, 0.25) is 5.02 Å². The summed E-state index contributed by atoms with van der Waals surface area (Å²) < 4.78 is 10.6. The highest BCUT2D eigenvalue weighted by atomic mass is 35.5. The minimum absolute atomic E-state index is 0.0247. The van der Waals surface area contributed by atoms with Gasteiger partial charge in [-0.05, 0) is 19.4 Å². The van der Waals surface area contributed by atoms with Crippen LogP contribution < -0.4 is 14.8 Å². The van der Waals surface area contributed by atoms with Crippen molar-refractivity contribution in [1.29, 1.82) is 0 Å². The maximum absolute atomic E-state index is 9.87. The summed E-state index contributed by atoms with van der Waals surface area (Å²) in [5, 5.41) is 13.6. The predicted octanol–water partition coefficient (Wildman–Crippen LogP) is 2.88. The number of piperidine rings is 1. The molecule has 4 nitrogen and oxygen atoms in total. The van der Waals surface area contributed by atoms with E-state index in [0.29, 0.717) is 16.5 Å². The number of aromatic hydroxyl groups is 1. The van der Waals surface area contributed by atoms with Gasteiger partial charge in [-0.25, -0.2) is 0 Å². The Hall–Kier alpha value is -1.13. The van der Waals surface area contributed by atoms with Crippen molar-refractivity contribution in [1.82, 2.24) is 5.32 Å². The van der Waals surface area contributed by atoms with Crippen LogP contribution in [0.15, 0.2) is 6.07 Å². The van der Waals surface area contributed by atoms with Gasteiger partial charge in [-0.2, -0.15) is 0 Å². The van der Waals surface area contributed by atoms with Gasteiger partial charge in [0, 0.05) is 17.7 Å². The van der Waals surface area contributed by atoms with E-state index in [0.717, 1.165) is 31.4 Å². The molecule has 0 saturated carbocycles. The van der Waals surface area contributed by atoms with Gasteiger partial charge in [0.1, 0.15) is 5.75 Å². The molecule has 0 spiro atoms. The highest BCUT2D eigenvalue weighted by Gasteiger charge is 2.26. The summed E-state index contributed by atoms with van der Waals surface area (Å²) in [6, 6.07) is 1.58. The van der Waals surface area contributed by atoms with E-state index in [1.165, 1.54) is 6.07 Å². The van der Waals surface area contributed by atoms with Crippen LogP contribution in [0.4, 0.5) is 0 Å². The monoisotopic (exact) mass is 271 g/mol. The summed E-state index contributed by atoms with van der Waals surface area (Å²) >= 11 is 6.21. The number of rotatable bonds is 3. The Labute approximate surface area is 112 Å². The topological polar surface area (TPSA) is 50.7 Å². The average Bonchev–Trinajstić information content (AvgIpc) is 2.42. The largest absolute Gasteiger partial charge is 0.506 e. The van der Waals surface area contributed by atoms with E-state index in [1.54, 1.807) is 14.2 Å². The van der Waals surface area contributed by atoms with E-state index in [2.05, 4.69) is 5.32 Å². The smallest absolute Gasteiger partial charge is 0.167 e. The zero-order chi connectivity index (χ0) is 13.1.